The van der Waals surface area contributed by atoms with Crippen LogP contribution in [0.1, 0.15) is 17.0 Å². The number of hydrogen-bond donors (Lipinski definition) is 3. The van der Waals surface area contributed by atoms with E-state index < -0.39 is 5.91 Å². The van der Waals surface area contributed by atoms with Crippen molar-refractivity contribution < 1.29 is 10.0 Å². The zero-order valence-electron chi connectivity index (χ0n) is 14.6. The van der Waals surface area contributed by atoms with Gasteiger partial charge in [0.1, 0.15) is 5.82 Å². The Morgan fingerprint density at radius 1 is 1.23 bits per heavy atom. The summed E-state index contributed by atoms with van der Waals surface area (Å²) in [5.74, 6) is 0.359. The number of fused-ring (bicyclic) bond motifs is 1. The van der Waals surface area contributed by atoms with Crippen LogP contribution in [-0.2, 0) is 11.2 Å². The predicted molar refractivity (Wildman–Crippen MR) is 106 cm³/mol. The predicted octanol–water partition coefficient (Wildman–Crippen LogP) is 3.16. The van der Waals surface area contributed by atoms with Crippen LogP contribution >= 0.6 is 12.4 Å². The van der Waals surface area contributed by atoms with E-state index in [-0.39, 0.29) is 12.4 Å². The Balaban J connectivity index is 0.00000243. The fraction of sp³-hybridized carbons (Fsp3) is 0.158. The minimum absolute atomic E-state index is 0. The lowest BCUT2D eigenvalue weighted by Crippen LogP contribution is -2.14. The average molecular weight is 373 g/mol. The summed E-state index contributed by atoms with van der Waals surface area (Å²) < 4.78 is 0. The number of carbonyl (C=O) groups excluding carboxylic acids is 1. The number of nitrogens with one attached hydrogen (secondary N) is 2. The van der Waals surface area contributed by atoms with Gasteiger partial charge in [0.25, 0.3) is 5.91 Å². The number of halogens is 1. The van der Waals surface area contributed by atoms with Crippen molar-refractivity contribution >= 4 is 41.1 Å². The third kappa shape index (κ3) is 4.62. The van der Waals surface area contributed by atoms with Gasteiger partial charge in [-0.1, -0.05) is 24.3 Å². The molecular weight excluding hydrogens is 352 g/mol. The monoisotopic (exact) mass is 372 g/mol. The number of amides is 1. The van der Waals surface area contributed by atoms with E-state index in [4.69, 9.17) is 5.21 Å². The van der Waals surface area contributed by atoms with Crippen molar-refractivity contribution in [2.24, 2.45) is 0 Å². The average Bonchev–Trinajstić information content (AvgIpc) is 3.02. The summed E-state index contributed by atoms with van der Waals surface area (Å²) in [4.78, 5) is 21.0. The molecule has 3 aromatic rings. The van der Waals surface area contributed by atoms with E-state index in [2.05, 4.69) is 27.0 Å². The molecule has 0 saturated carbocycles. The fourth-order valence-electron chi connectivity index (χ4n) is 2.56. The SMILES string of the molecule is CN(C)c1ccc2nc(Cc3ccc(/C=C/C(=O)NO)cc3)[nH]c2c1.Cl. The van der Waals surface area contributed by atoms with Gasteiger partial charge in [0.2, 0.25) is 0 Å². The van der Waals surface area contributed by atoms with Gasteiger partial charge in [-0.15, -0.1) is 12.4 Å². The van der Waals surface area contributed by atoms with Crippen LogP contribution in [0.3, 0.4) is 0 Å². The molecule has 2 aromatic carbocycles. The normalized spacial score (nSPS) is 10.7. The number of hydrogen-bond acceptors (Lipinski definition) is 4. The van der Waals surface area contributed by atoms with Crippen LogP contribution in [0.5, 0.6) is 0 Å². The molecule has 1 heterocycles. The maximum absolute atomic E-state index is 11.0. The van der Waals surface area contributed by atoms with Gasteiger partial charge in [-0.05, 0) is 35.4 Å². The van der Waals surface area contributed by atoms with Gasteiger partial charge in [0.15, 0.2) is 0 Å². The Morgan fingerprint density at radius 2 is 1.96 bits per heavy atom. The molecule has 0 saturated heterocycles. The maximum atomic E-state index is 11.0. The highest BCUT2D eigenvalue weighted by molar-refractivity contribution is 5.90. The van der Waals surface area contributed by atoms with Crippen molar-refractivity contribution in [3.8, 4) is 0 Å². The molecule has 1 aromatic heterocycles. The quantitative estimate of drug-likeness (QED) is 0.365. The smallest absolute Gasteiger partial charge is 0.267 e. The minimum Gasteiger partial charge on any atom is -0.378 e. The molecule has 0 bridgehead atoms. The molecule has 0 radical (unpaired) electrons. The summed E-state index contributed by atoms with van der Waals surface area (Å²) in [6, 6.07) is 14.0. The first kappa shape index (κ1) is 19.5. The van der Waals surface area contributed by atoms with Crippen molar-refractivity contribution in [3.05, 3.63) is 65.5 Å². The number of carbonyl (C=O) groups is 1. The lowest BCUT2D eigenvalue weighted by Gasteiger charge is -2.11. The van der Waals surface area contributed by atoms with Crippen molar-refractivity contribution in [3.63, 3.8) is 0 Å². The number of imidazole rings is 1. The number of aromatic amines is 1. The zero-order chi connectivity index (χ0) is 17.8. The summed E-state index contributed by atoms with van der Waals surface area (Å²) >= 11 is 0. The van der Waals surface area contributed by atoms with Gasteiger partial charge < -0.3 is 9.88 Å². The first-order valence-corrected chi connectivity index (χ1v) is 7.92. The van der Waals surface area contributed by atoms with Crippen molar-refractivity contribution in [2.75, 3.05) is 19.0 Å². The van der Waals surface area contributed by atoms with Crippen LogP contribution in [0.2, 0.25) is 0 Å². The first-order chi connectivity index (χ1) is 12.0. The van der Waals surface area contributed by atoms with E-state index in [1.165, 1.54) is 6.08 Å². The number of hydroxylamine groups is 1. The number of H-pyrrole nitrogens is 1. The standard InChI is InChI=1S/C19H20N4O2.ClH/c1-23(2)15-8-9-16-17(12-15)21-18(20-16)11-14-5-3-13(4-6-14)7-10-19(24)22-25;/h3-10,12,25H,11H2,1-2H3,(H,20,21)(H,22,24);1H/b10-7+;. The summed E-state index contributed by atoms with van der Waals surface area (Å²) in [5.41, 5.74) is 6.67. The summed E-state index contributed by atoms with van der Waals surface area (Å²) in [5, 5.41) is 8.46. The van der Waals surface area contributed by atoms with Crippen LogP contribution < -0.4 is 10.4 Å². The number of anilines is 1. The van der Waals surface area contributed by atoms with E-state index in [0.717, 1.165) is 33.7 Å². The van der Waals surface area contributed by atoms with E-state index in [1.807, 2.05) is 44.4 Å². The van der Waals surface area contributed by atoms with Crippen molar-refractivity contribution in [1.82, 2.24) is 15.4 Å². The molecule has 7 heteroatoms. The van der Waals surface area contributed by atoms with Gasteiger partial charge in [-0.25, -0.2) is 10.5 Å². The third-order valence-corrected chi connectivity index (χ3v) is 3.92. The summed E-state index contributed by atoms with van der Waals surface area (Å²) in [7, 11) is 4.03. The van der Waals surface area contributed by atoms with Crippen molar-refractivity contribution in [1.29, 1.82) is 0 Å². The lowest BCUT2D eigenvalue weighted by atomic mass is 10.1. The second-order valence-corrected chi connectivity index (χ2v) is 6.01. The molecule has 0 spiro atoms. The van der Waals surface area contributed by atoms with Gasteiger partial charge >= 0.3 is 0 Å². The first-order valence-electron chi connectivity index (χ1n) is 7.92. The summed E-state index contributed by atoms with van der Waals surface area (Å²) in [6.07, 6.45) is 3.61. The number of nitrogens with zero attached hydrogens (tertiary/aromatic N) is 2. The van der Waals surface area contributed by atoms with Crippen LogP contribution in [0.4, 0.5) is 5.69 Å². The largest absolute Gasteiger partial charge is 0.378 e. The van der Waals surface area contributed by atoms with Crippen LogP contribution in [0.25, 0.3) is 17.1 Å². The minimum atomic E-state index is -0.552. The van der Waals surface area contributed by atoms with Gasteiger partial charge in [0, 0.05) is 32.3 Å². The molecule has 0 fully saturated rings. The van der Waals surface area contributed by atoms with Crippen LogP contribution in [0.15, 0.2) is 48.5 Å². The number of aromatic nitrogens is 2. The molecule has 0 aliphatic rings. The topological polar surface area (TPSA) is 81.2 Å². The highest BCUT2D eigenvalue weighted by Gasteiger charge is 2.06. The molecule has 26 heavy (non-hydrogen) atoms. The van der Waals surface area contributed by atoms with Crippen LogP contribution in [0, 0.1) is 0 Å². The van der Waals surface area contributed by atoms with E-state index >= 15 is 0 Å². The lowest BCUT2D eigenvalue weighted by molar-refractivity contribution is -0.124. The van der Waals surface area contributed by atoms with E-state index in [0.29, 0.717) is 6.42 Å². The van der Waals surface area contributed by atoms with E-state index in [1.54, 1.807) is 11.6 Å². The molecule has 1 amide bonds. The Hall–Kier alpha value is -2.83. The molecule has 3 rings (SSSR count). The second-order valence-electron chi connectivity index (χ2n) is 6.01. The second kappa shape index (κ2) is 8.51. The number of benzene rings is 2. The van der Waals surface area contributed by atoms with Gasteiger partial charge in [-0.3, -0.25) is 10.0 Å². The van der Waals surface area contributed by atoms with Crippen LogP contribution in [-0.4, -0.2) is 35.2 Å². The molecular formula is C19H21ClN4O2. The highest BCUT2D eigenvalue weighted by atomic mass is 35.5. The Bertz CT molecular complexity index is 917. The van der Waals surface area contributed by atoms with E-state index in [9.17, 15) is 4.79 Å². The van der Waals surface area contributed by atoms with Gasteiger partial charge in [0.05, 0.1) is 11.0 Å². The van der Waals surface area contributed by atoms with Crippen molar-refractivity contribution in [2.45, 2.75) is 6.42 Å². The molecule has 0 aliphatic heterocycles. The third-order valence-electron chi connectivity index (χ3n) is 3.92. The Morgan fingerprint density at radius 3 is 2.62 bits per heavy atom. The maximum Gasteiger partial charge on any atom is 0.267 e. The molecule has 6 nitrogen and oxygen atoms in total. The van der Waals surface area contributed by atoms with Gasteiger partial charge in [-0.2, -0.15) is 0 Å². The molecule has 0 atom stereocenters. The number of rotatable bonds is 5. The molecule has 0 unspecified atom stereocenters. The summed E-state index contributed by atoms with van der Waals surface area (Å²) in [6.45, 7) is 0. The molecule has 3 N–H and O–H groups in total. The zero-order valence-corrected chi connectivity index (χ0v) is 15.4. The molecule has 136 valence electrons. The Labute approximate surface area is 157 Å². The Kier molecular flexibility index (Phi) is 6.38. The fourth-order valence-corrected chi connectivity index (χ4v) is 2.56. The molecule has 0 aliphatic carbocycles. The highest BCUT2D eigenvalue weighted by Crippen LogP contribution is 2.20.